The van der Waals surface area contributed by atoms with Gasteiger partial charge < -0.3 is 10.1 Å². The molecule has 0 aromatic carbocycles. The van der Waals surface area contributed by atoms with Crippen LogP contribution in [0.5, 0.6) is 0 Å². The highest BCUT2D eigenvalue weighted by atomic mass is 32.1. The molecule has 0 radical (unpaired) electrons. The first kappa shape index (κ1) is 14.2. The molecule has 2 aromatic rings. The minimum absolute atomic E-state index is 0.187. The van der Waals surface area contributed by atoms with Crippen molar-refractivity contribution in [3.8, 4) is 0 Å². The van der Waals surface area contributed by atoms with Gasteiger partial charge in [-0.15, -0.1) is 22.7 Å². The van der Waals surface area contributed by atoms with Gasteiger partial charge in [-0.25, -0.2) is 0 Å². The summed E-state index contributed by atoms with van der Waals surface area (Å²) in [5.41, 5.74) is 0. The molecule has 2 rings (SSSR count). The Bertz CT molecular complexity index is 519. The van der Waals surface area contributed by atoms with E-state index in [1.165, 1.54) is 16.9 Å². The van der Waals surface area contributed by atoms with E-state index in [9.17, 15) is 4.79 Å². The van der Waals surface area contributed by atoms with Crippen LogP contribution in [0.1, 0.15) is 27.6 Å². The Labute approximate surface area is 121 Å². The van der Waals surface area contributed by atoms with Crippen LogP contribution in [-0.4, -0.2) is 13.1 Å². The minimum atomic E-state index is -0.187. The summed E-state index contributed by atoms with van der Waals surface area (Å²) in [6, 6.07) is 8.62. The zero-order chi connectivity index (χ0) is 13.7. The Balaban J connectivity index is 1.85. The molecule has 0 fully saturated rings. The first-order valence-corrected chi connectivity index (χ1v) is 7.80. The van der Waals surface area contributed by atoms with E-state index >= 15 is 0 Å². The standard InChI is InChI=1S/C14H17NO2S2/c1-10(13-4-3-7-18-13)15-9-12-6-5-11(19-12)8-14(16)17-2/h3-7,10,15H,8-9H2,1-2H3. The number of hydrogen-bond donors (Lipinski definition) is 1. The molecule has 0 saturated heterocycles. The second-order valence-electron chi connectivity index (χ2n) is 4.24. The van der Waals surface area contributed by atoms with E-state index in [-0.39, 0.29) is 5.97 Å². The summed E-state index contributed by atoms with van der Waals surface area (Å²) in [6.45, 7) is 2.99. The number of thiophene rings is 2. The highest BCUT2D eigenvalue weighted by molar-refractivity contribution is 7.12. The van der Waals surface area contributed by atoms with Crippen molar-refractivity contribution < 1.29 is 9.53 Å². The number of carbonyl (C=O) groups is 1. The van der Waals surface area contributed by atoms with Crippen molar-refractivity contribution in [3.05, 3.63) is 44.3 Å². The second kappa shape index (κ2) is 6.84. The van der Waals surface area contributed by atoms with Crippen LogP contribution >= 0.6 is 22.7 Å². The Morgan fingerprint density at radius 3 is 2.84 bits per heavy atom. The molecule has 2 aromatic heterocycles. The fraction of sp³-hybridized carbons (Fsp3) is 0.357. The second-order valence-corrected chi connectivity index (χ2v) is 6.47. The van der Waals surface area contributed by atoms with Crippen LogP contribution in [0.2, 0.25) is 0 Å². The predicted octanol–water partition coefficient (Wildman–Crippen LogP) is 3.38. The number of methoxy groups -OCH3 is 1. The number of ether oxygens (including phenoxy) is 1. The maximum atomic E-state index is 11.2. The third-order valence-electron chi connectivity index (χ3n) is 2.82. The summed E-state index contributed by atoms with van der Waals surface area (Å²) in [5, 5.41) is 5.58. The molecule has 1 N–H and O–H groups in total. The molecule has 0 aliphatic rings. The van der Waals surface area contributed by atoms with Gasteiger partial charge in [-0.1, -0.05) is 6.07 Å². The largest absolute Gasteiger partial charge is 0.469 e. The zero-order valence-corrected chi connectivity index (χ0v) is 12.6. The van der Waals surface area contributed by atoms with Gasteiger partial charge >= 0.3 is 5.97 Å². The smallest absolute Gasteiger partial charge is 0.310 e. The fourth-order valence-electron chi connectivity index (χ4n) is 1.72. The molecule has 0 saturated carbocycles. The maximum Gasteiger partial charge on any atom is 0.310 e. The Hall–Kier alpha value is -1.17. The Kier molecular flexibility index (Phi) is 5.13. The monoisotopic (exact) mass is 295 g/mol. The molecule has 0 spiro atoms. The van der Waals surface area contributed by atoms with Gasteiger partial charge in [0, 0.05) is 27.2 Å². The molecule has 19 heavy (non-hydrogen) atoms. The van der Waals surface area contributed by atoms with Gasteiger partial charge in [0.2, 0.25) is 0 Å². The van der Waals surface area contributed by atoms with Gasteiger partial charge in [0.05, 0.1) is 13.5 Å². The average molecular weight is 295 g/mol. The number of carbonyl (C=O) groups excluding carboxylic acids is 1. The summed E-state index contributed by atoms with van der Waals surface area (Å²) >= 11 is 3.42. The van der Waals surface area contributed by atoms with Crippen molar-refractivity contribution in [3.63, 3.8) is 0 Å². The van der Waals surface area contributed by atoms with Crippen LogP contribution in [0, 0.1) is 0 Å². The molecular formula is C14H17NO2S2. The predicted molar refractivity (Wildman–Crippen MR) is 79.6 cm³/mol. The molecule has 0 amide bonds. The van der Waals surface area contributed by atoms with E-state index in [1.54, 1.807) is 22.7 Å². The molecule has 0 aliphatic heterocycles. The zero-order valence-electron chi connectivity index (χ0n) is 11.0. The molecule has 5 heteroatoms. The number of nitrogens with one attached hydrogen (secondary N) is 1. The SMILES string of the molecule is COC(=O)Cc1ccc(CNC(C)c2cccs2)s1. The van der Waals surface area contributed by atoms with Crippen LogP contribution in [0.15, 0.2) is 29.6 Å². The minimum Gasteiger partial charge on any atom is -0.469 e. The molecule has 3 nitrogen and oxygen atoms in total. The van der Waals surface area contributed by atoms with Crippen LogP contribution in [-0.2, 0) is 22.5 Å². The lowest BCUT2D eigenvalue weighted by Gasteiger charge is -2.10. The molecule has 0 aliphatic carbocycles. The van der Waals surface area contributed by atoms with Crippen molar-refractivity contribution in [1.82, 2.24) is 5.32 Å². The van der Waals surface area contributed by atoms with Crippen molar-refractivity contribution >= 4 is 28.6 Å². The molecule has 102 valence electrons. The van der Waals surface area contributed by atoms with Crippen LogP contribution in [0.25, 0.3) is 0 Å². The van der Waals surface area contributed by atoms with Crippen LogP contribution < -0.4 is 5.32 Å². The lowest BCUT2D eigenvalue weighted by molar-refractivity contribution is -0.139. The number of rotatable bonds is 6. The third kappa shape index (κ3) is 4.16. The van der Waals surface area contributed by atoms with Gasteiger partial charge in [-0.05, 0) is 30.5 Å². The van der Waals surface area contributed by atoms with Gasteiger partial charge in [0.25, 0.3) is 0 Å². The highest BCUT2D eigenvalue weighted by Crippen LogP contribution is 2.21. The Morgan fingerprint density at radius 2 is 2.16 bits per heavy atom. The van der Waals surface area contributed by atoms with Crippen molar-refractivity contribution in [2.24, 2.45) is 0 Å². The van der Waals surface area contributed by atoms with Crippen LogP contribution in [0.3, 0.4) is 0 Å². The van der Waals surface area contributed by atoms with E-state index in [1.807, 2.05) is 6.07 Å². The van der Waals surface area contributed by atoms with E-state index in [4.69, 9.17) is 0 Å². The van der Waals surface area contributed by atoms with E-state index in [0.29, 0.717) is 12.5 Å². The first-order chi connectivity index (χ1) is 9.19. The maximum absolute atomic E-state index is 11.2. The molecular weight excluding hydrogens is 278 g/mol. The molecule has 1 atom stereocenters. The van der Waals surface area contributed by atoms with Crippen molar-refractivity contribution in [1.29, 1.82) is 0 Å². The average Bonchev–Trinajstić information content (AvgIpc) is 3.07. The topological polar surface area (TPSA) is 38.3 Å². The van der Waals surface area contributed by atoms with E-state index < -0.39 is 0 Å². The number of esters is 1. The van der Waals surface area contributed by atoms with Gasteiger partial charge in [-0.3, -0.25) is 4.79 Å². The Morgan fingerprint density at radius 1 is 1.37 bits per heavy atom. The van der Waals surface area contributed by atoms with Crippen LogP contribution in [0.4, 0.5) is 0 Å². The third-order valence-corrected chi connectivity index (χ3v) is 4.96. The van der Waals surface area contributed by atoms with E-state index in [0.717, 1.165) is 11.4 Å². The van der Waals surface area contributed by atoms with Crippen molar-refractivity contribution in [2.75, 3.05) is 7.11 Å². The summed E-state index contributed by atoms with van der Waals surface area (Å²) in [6.07, 6.45) is 0.363. The normalized spacial score (nSPS) is 12.3. The summed E-state index contributed by atoms with van der Waals surface area (Å²) in [4.78, 5) is 14.8. The molecule has 2 heterocycles. The number of hydrogen-bond acceptors (Lipinski definition) is 5. The summed E-state index contributed by atoms with van der Waals surface area (Å²) < 4.78 is 4.66. The lowest BCUT2D eigenvalue weighted by Crippen LogP contribution is -2.16. The summed E-state index contributed by atoms with van der Waals surface area (Å²) in [7, 11) is 1.42. The quantitative estimate of drug-likeness (QED) is 0.830. The highest BCUT2D eigenvalue weighted by Gasteiger charge is 2.08. The molecule has 1 unspecified atom stereocenters. The first-order valence-electron chi connectivity index (χ1n) is 6.10. The summed E-state index contributed by atoms with van der Waals surface area (Å²) in [5.74, 6) is -0.187. The van der Waals surface area contributed by atoms with Gasteiger partial charge in [0.15, 0.2) is 0 Å². The van der Waals surface area contributed by atoms with Crippen molar-refractivity contribution in [2.45, 2.75) is 25.9 Å². The van der Waals surface area contributed by atoms with E-state index in [2.05, 4.69) is 40.6 Å². The lowest BCUT2D eigenvalue weighted by atomic mass is 10.2. The van der Waals surface area contributed by atoms with Gasteiger partial charge in [0.1, 0.15) is 0 Å². The van der Waals surface area contributed by atoms with Gasteiger partial charge in [-0.2, -0.15) is 0 Å². The molecule has 0 bridgehead atoms. The fourth-order valence-corrected chi connectivity index (χ4v) is 3.43.